The van der Waals surface area contributed by atoms with Crippen LogP contribution in [0, 0.1) is 0 Å². The Morgan fingerprint density at radius 3 is 2.50 bits per heavy atom. The van der Waals surface area contributed by atoms with Crippen LogP contribution in [0.1, 0.15) is 37.3 Å². The van der Waals surface area contributed by atoms with Crippen LogP contribution < -0.4 is 10.2 Å². The maximum atomic E-state index is 12.3. The highest BCUT2D eigenvalue weighted by Gasteiger charge is 2.24. The molecule has 0 aliphatic carbocycles. The number of nitrogens with one attached hydrogen (secondary N) is 1. The van der Waals surface area contributed by atoms with Gasteiger partial charge in [-0.2, -0.15) is 0 Å². The molecule has 0 atom stereocenters. The van der Waals surface area contributed by atoms with Crippen LogP contribution in [-0.4, -0.2) is 84.6 Å². The standard InChI is InChI=1S/C19H30N6O/c26-19(25-7-1-2-8-25)14-23-9-11-24(12-10-23)18-13-17(21-15-22-18)16-3-5-20-6-4-16/h13,15-16,20H,1-12,14H2. The first-order chi connectivity index (χ1) is 12.8. The van der Waals surface area contributed by atoms with Crippen LogP contribution in [0.4, 0.5) is 5.82 Å². The van der Waals surface area contributed by atoms with Crippen molar-refractivity contribution >= 4 is 11.7 Å². The van der Waals surface area contributed by atoms with Crippen LogP contribution in [0.25, 0.3) is 0 Å². The van der Waals surface area contributed by atoms with E-state index in [0.29, 0.717) is 18.4 Å². The van der Waals surface area contributed by atoms with Crippen LogP contribution in [-0.2, 0) is 4.79 Å². The molecule has 0 saturated carbocycles. The van der Waals surface area contributed by atoms with E-state index in [0.717, 1.165) is 83.9 Å². The highest BCUT2D eigenvalue weighted by Crippen LogP contribution is 2.25. The van der Waals surface area contributed by atoms with Gasteiger partial charge in [0.15, 0.2) is 0 Å². The fourth-order valence-electron chi connectivity index (χ4n) is 4.27. The van der Waals surface area contributed by atoms with Crippen molar-refractivity contribution in [2.24, 2.45) is 0 Å². The molecule has 1 N–H and O–H groups in total. The molecule has 1 amide bonds. The lowest BCUT2D eigenvalue weighted by molar-refractivity contribution is -0.131. The van der Waals surface area contributed by atoms with E-state index in [-0.39, 0.29) is 0 Å². The lowest BCUT2D eigenvalue weighted by Crippen LogP contribution is -2.50. The van der Waals surface area contributed by atoms with Gasteiger partial charge in [-0.25, -0.2) is 9.97 Å². The maximum absolute atomic E-state index is 12.3. The maximum Gasteiger partial charge on any atom is 0.236 e. The van der Waals surface area contributed by atoms with E-state index in [1.807, 2.05) is 4.90 Å². The molecule has 142 valence electrons. The first-order valence-electron chi connectivity index (χ1n) is 10.1. The molecule has 3 fully saturated rings. The fraction of sp³-hybridized carbons (Fsp3) is 0.737. The van der Waals surface area contributed by atoms with Gasteiger partial charge in [-0.05, 0) is 38.8 Å². The Balaban J connectivity index is 1.30. The monoisotopic (exact) mass is 358 g/mol. The van der Waals surface area contributed by atoms with Crippen molar-refractivity contribution in [2.45, 2.75) is 31.6 Å². The van der Waals surface area contributed by atoms with Crippen molar-refractivity contribution < 1.29 is 4.79 Å². The number of hydrogen-bond acceptors (Lipinski definition) is 6. The molecule has 7 heteroatoms. The Morgan fingerprint density at radius 2 is 1.77 bits per heavy atom. The van der Waals surface area contributed by atoms with Gasteiger partial charge in [-0.3, -0.25) is 9.69 Å². The third-order valence-corrected chi connectivity index (χ3v) is 5.95. The molecule has 26 heavy (non-hydrogen) atoms. The van der Waals surface area contributed by atoms with Crippen molar-refractivity contribution in [2.75, 3.05) is 63.8 Å². The van der Waals surface area contributed by atoms with Crippen LogP contribution in [0.5, 0.6) is 0 Å². The van der Waals surface area contributed by atoms with Crippen molar-refractivity contribution in [3.05, 3.63) is 18.1 Å². The summed E-state index contributed by atoms with van der Waals surface area (Å²) in [4.78, 5) is 28.0. The number of nitrogens with zero attached hydrogens (tertiary/aromatic N) is 5. The van der Waals surface area contributed by atoms with Crippen molar-refractivity contribution in [1.29, 1.82) is 0 Å². The summed E-state index contributed by atoms with van der Waals surface area (Å²) in [5, 5.41) is 3.41. The molecule has 1 aromatic heterocycles. The summed E-state index contributed by atoms with van der Waals surface area (Å²) in [6, 6.07) is 2.18. The van der Waals surface area contributed by atoms with Crippen LogP contribution in [0.15, 0.2) is 12.4 Å². The van der Waals surface area contributed by atoms with Gasteiger partial charge in [0.2, 0.25) is 5.91 Å². The number of piperazine rings is 1. The highest BCUT2D eigenvalue weighted by atomic mass is 16.2. The van der Waals surface area contributed by atoms with Crippen molar-refractivity contribution in [1.82, 2.24) is 25.1 Å². The Morgan fingerprint density at radius 1 is 1.04 bits per heavy atom. The van der Waals surface area contributed by atoms with Gasteiger partial charge < -0.3 is 15.1 Å². The largest absolute Gasteiger partial charge is 0.354 e. The minimum atomic E-state index is 0.297. The zero-order valence-corrected chi connectivity index (χ0v) is 15.6. The average molecular weight is 358 g/mol. The number of amides is 1. The fourth-order valence-corrected chi connectivity index (χ4v) is 4.27. The van der Waals surface area contributed by atoms with Crippen LogP contribution in [0.2, 0.25) is 0 Å². The second-order valence-electron chi connectivity index (χ2n) is 7.68. The number of likely N-dealkylation sites (tertiary alicyclic amines) is 1. The van der Waals surface area contributed by atoms with Gasteiger partial charge in [0.05, 0.1) is 6.54 Å². The first kappa shape index (κ1) is 17.7. The summed E-state index contributed by atoms with van der Waals surface area (Å²) >= 11 is 0. The lowest BCUT2D eigenvalue weighted by Gasteiger charge is -2.35. The lowest BCUT2D eigenvalue weighted by atomic mass is 9.94. The van der Waals surface area contributed by atoms with Crippen molar-refractivity contribution in [3.8, 4) is 0 Å². The van der Waals surface area contributed by atoms with Crippen LogP contribution >= 0.6 is 0 Å². The van der Waals surface area contributed by atoms with Gasteiger partial charge in [0, 0.05) is 56.9 Å². The minimum Gasteiger partial charge on any atom is -0.354 e. The second-order valence-corrected chi connectivity index (χ2v) is 7.68. The zero-order chi connectivity index (χ0) is 17.8. The molecule has 0 radical (unpaired) electrons. The summed E-state index contributed by atoms with van der Waals surface area (Å²) in [6.07, 6.45) is 6.35. The second kappa shape index (κ2) is 8.31. The molecule has 1 aromatic rings. The summed E-state index contributed by atoms with van der Waals surface area (Å²) in [5.41, 5.74) is 1.18. The quantitative estimate of drug-likeness (QED) is 0.854. The summed E-state index contributed by atoms with van der Waals surface area (Å²) < 4.78 is 0. The van der Waals surface area contributed by atoms with E-state index in [1.165, 1.54) is 5.69 Å². The van der Waals surface area contributed by atoms with E-state index >= 15 is 0 Å². The predicted molar refractivity (Wildman–Crippen MR) is 101 cm³/mol. The molecular formula is C19H30N6O. The molecule has 3 aliphatic rings. The SMILES string of the molecule is O=C(CN1CCN(c2cc(C3CCNCC3)ncn2)CC1)N1CCCC1. The number of piperidine rings is 1. The van der Waals surface area contributed by atoms with Gasteiger partial charge in [0.1, 0.15) is 12.1 Å². The van der Waals surface area contributed by atoms with Gasteiger partial charge in [0.25, 0.3) is 0 Å². The predicted octanol–water partition coefficient (Wildman–Crippen LogP) is 0.688. The van der Waals surface area contributed by atoms with Gasteiger partial charge >= 0.3 is 0 Å². The highest BCUT2D eigenvalue weighted by molar-refractivity contribution is 5.78. The number of carbonyl (C=O) groups excluding carboxylic acids is 1. The van der Waals surface area contributed by atoms with Gasteiger partial charge in [-0.1, -0.05) is 0 Å². The van der Waals surface area contributed by atoms with E-state index < -0.39 is 0 Å². The first-order valence-corrected chi connectivity index (χ1v) is 10.1. The number of hydrogen-bond donors (Lipinski definition) is 1. The molecule has 0 aromatic carbocycles. The Hall–Kier alpha value is -1.73. The number of carbonyl (C=O) groups is 1. The number of rotatable bonds is 4. The molecule has 4 heterocycles. The van der Waals surface area contributed by atoms with E-state index in [1.54, 1.807) is 6.33 Å². The topological polar surface area (TPSA) is 64.6 Å². The van der Waals surface area contributed by atoms with E-state index in [9.17, 15) is 4.79 Å². The smallest absolute Gasteiger partial charge is 0.236 e. The Kier molecular flexibility index (Phi) is 5.65. The number of aromatic nitrogens is 2. The van der Waals surface area contributed by atoms with Crippen molar-refractivity contribution in [3.63, 3.8) is 0 Å². The Labute approximate surface area is 155 Å². The molecule has 3 aliphatic heterocycles. The van der Waals surface area contributed by atoms with E-state index in [2.05, 4.69) is 31.2 Å². The molecule has 7 nitrogen and oxygen atoms in total. The molecule has 0 spiro atoms. The number of anilines is 1. The van der Waals surface area contributed by atoms with Gasteiger partial charge in [-0.15, -0.1) is 0 Å². The minimum absolute atomic E-state index is 0.297. The molecule has 4 rings (SSSR count). The summed E-state index contributed by atoms with van der Waals surface area (Å²) in [7, 11) is 0. The molecule has 0 unspecified atom stereocenters. The third-order valence-electron chi connectivity index (χ3n) is 5.95. The van der Waals surface area contributed by atoms with E-state index in [4.69, 9.17) is 0 Å². The average Bonchev–Trinajstić information content (AvgIpc) is 3.24. The summed E-state index contributed by atoms with van der Waals surface area (Å²) in [6.45, 7) is 8.31. The Bertz CT molecular complexity index is 604. The molecule has 0 bridgehead atoms. The van der Waals surface area contributed by atoms with Crippen LogP contribution in [0.3, 0.4) is 0 Å². The summed E-state index contributed by atoms with van der Waals surface area (Å²) in [5.74, 6) is 1.89. The zero-order valence-electron chi connectivity index (χ0n) is 15.6. The normalized spacial score (nSPS) is 22.8. The molecule has 3 saturated heterocycles. The molecular weight excluding hydrogens is 328 g/mol. The third kappa shape index (κ3) is 4.15.